The summed E-state index contributed by atoms with van der Waals surface area (Å²) in [7, 11) is 0. The van der Waals surface area contributed by atoms with Gasteiger partial charge in [0.2, 0.25) is 11.8 Å². The summed E-state index contributed by atoms with van der Waals surface area (Å²) < 4.78 is 5.29. The maximum Gasteiger partial charge on any atom is 0.229 e. The van der Waals surface area contributed by atoms with Gasteiger partial charge in [-0.25, -0.2) is 4.98 Å². The summed E-state index contributed by atoms with van der Waals surface area (Å²) in [6.45, 7) is 4.95. The molecule has 1 fully saturated rings. The lowest BCUT2D eigenvalue weighted by Gasteiger charge is -2.15. The van der Waals surface area contributed by atoms with Crippen molar-refractivity contribution in [2.45, 2.75) is 32.7 Å². The van der Waals surface area contributed by atoms with Gasteiger partial charge >= 0.3 is 0 Å². The average Bonchev–Trinajstić information content (AvgIpc) is 3.35. The molecular weight excluding hydrogens is 344 g/mol. The van der Waals surface area contributed by atoms with Crippen molar-refractivity contribution in [3.8, 4) is 0 Å². The summed E-state index contributed by atoms with van der Waals surface area (Å²) in [5.74, 6) is 1.40. The number of fused-ring (bicyclic) bond motifs is 1. The summed E-state index contributed by atoms with van der Waals surface area (Å²) >= 11 is 0. The van der Waals surface area contributed by atoms with Gasteiger partial charge in [0, 0.05) is 24.6 Å². The standard InChI is InChI=1S/C20H22N4O3/c1-12(2)19-22-16-6-5-14(9-17(16)23-19)21-20(26)13-8-18(25)24(10-13)11-15-4-3-7-27-15/h3-7,9,12-13H,8,10-11H2,1-2H3,(H,21,26)(H,22,23)/t13-/m0/s1. The number of benzene rings is 1. The van der Waals surface area contributed by atoms with Gasteiger partial charge in [-0.1, -0.05) is 13.8 Å². The van der Waals surface area contributed by atoms with Gasteiger partial charge in [-0.2, -0.15) is 0 Å². The molecular formula is C20H22N4O3. The molecule has 4 rings (SSSR count). The molecule has 2 aromatic heterocycles. The van der Waals surface area contributed by atoms with E-state index in [0.29, 0.717) is 24.7 Å². The number of aromatic nitrogens is 2. The first-order chi connectivity index (χ1) is 13.0. The Morgan fingerprint density at radius 1 is 1.41 bits per heavy atom. The predicted molar refractivity (Wildman–Crippen MR) is 101 cm³/mol. The summed E-state index contributed by atoms with van der Waals surface area (Å²) in [6.07, 6.45) is 1.80. The third-order valence-electron chi connectivity index (χ3n) is 4.83. The largest absolute Gasteiger partial charge is 0.467 e. The Morgan fingerprint density at radius 2 is 2.26 bits per heavy atom. The number of rotatable bonds is 5. The molecule has 1 aliphatic heterocycles. The van der Waals surface area contributed by atoms with Crippen LogP contribution in [0.15, 0.2) is 41.0 Å². The van der Waals surface area contributed by atoms with Crippen molar-refractivity contribution >= 4 is 28.5 Å². The van der Waals surface area contributed by atoms with Crippen molar-refractivity contribution in [2.75, 3.05) is 11.9 Å². The van der Waals surface area contributed by atoms with Crippen LogP contribution < -0.4 is 5.32 Å². The molecule has 0 radical (unpaired) electrons. The number of nitrogens with one attached hydrogen (secondary N) is 2. The van der Waals surface area contributed by atoms with E-state index >= 15 is 0 Å². The number of anilines is 1. The quantitative estimate of drug-likeness (QED) is 0.725. The van der Waals surface area contributed by atoms with Crippen LogP contribution in [0, 0.1) is 5.92 Å². The fraction of sp³-hybridized carbons (Fsp3) is 0.350. The van der Waals surface area contributed by atoms with Crippen LogP contribution in [0.5, 0.6) is 0 Å². The van der Waals surface area contributed by atoms with Crippen LogP contribution in [0.4, 0.5) is 5.69 Å². The fourth-order valence-corrected chi connectivity index (χ4v) is 3.32. The number of amides is 2. The number of nitrogens with zero attached hydrogens (tertiary/aromatic N) is 2. The first-order valence-electron chi connectivity index (χ1n) is 9.10. The van der Waals surface area contributed by atoms with Crippen molar-refractivity contribution in [1.29, 1.82) is 0 Å². The normalized spacial score (nSPS) is 17.2. The van der Waals surface area contributed by atoms with Crippen molar-refractivity contribution < 1.29 is 14.0 Å². The monoisotopic (exact) mass is 366 g/mol. The molecule has 0 aliphatic carbocycles. The Balaban J connectivity index is 1.43. The van der Waals surface area contributed by atoms with Crippen LogP contribution in [0.25, 0.3) is 11.0 Å². The minimum Gasteiger partial charge on any atom is -0.467 e. The van der Waals surface area contributed by atoms with Crippen LogP contribution >= 0.6 is 0 Å². The Kier molecular flexibility index (Phi) is 4.43. The zero-order valence-corrected chi connectivity index (χ0v) is 15.4. The van der Waals surface area contributed by atoms with E-state index in [9.17, 15) is 9.59 Å². The number of H-pyrrole nitrogens is 1. The van der Waals surface area contributed by atoms with E-state index in [1.54, 1.807) is 17.2 Å². The van der Waals surface area contributed by atoms with Crippen LogP contribution in [0.2, 0.25) is 0 Å². The van der Waals surface area contributed by atoms with Crippen LogP contribution in [-0.4, -0.2) is 33.2 Å². The molecule has 1 saturated heterocycles. The third kappa shape index (κ3) is 3.58. The maximum atomic E-state index is 12.6. The zero-order chi connectivity index (χ0) is 19.0. The molecule has 0 bridgehead atoms. The number of carbonyl (C=O) groups excluding carboxylic acids is 2. The minimum absolute atomic E-state index is 0.0304. The first kappa shape index (κ1) is 17.3. The molecule has 1 aliphatic rings. The lowest BCUT2D eigenvalue weighted by atomic mass is 10.1. The molecule has 7 nitrogen and oxygen atoms in total. The molecule has 0 unspecified atom stereocenters. The number of likely N-dealkylation sites (tertiary alicyclic amines) is 1. The first-order valence-corrected chi connectivity index (χ1v) is 9.10. The SMILES string of the molecule is CC(C)c1nc2ccc(NC(=O)[C@H]3CC(=O)N(Cc4ccco4)C3)cc2[nH]1. The van der Waals surface area contributed by atoms with Gasteiger partial charge in [0.25, 0.3) is 0 Å². The van der Waals surface area contributed by atoms with Crippen LogP contribution in [0.1, 0.15) is 37.8 Å². The Morgan fingerprint density at radius 3 is 3.00 bits per heavy atom. The molecule has 27 heavy (non-hydrogen) atoms. The number of hydrogen-bond donors (Lipinski definition) is 2. The van der Waals surface area contributed by atoms with Crippen LogP contribution in [-0.2, 0) is 16.1 Å². The molecule has 7 heteroatoms. The van der Waals surface area contributed by atoms with Gasteiger partial charge in [0.15, 0.2) is 0 Å². The lowest BCUT2D eigenvalue weighted by molar-refractivity contribution is -0.128. The number of carbonyl (C=O) groups is 2. The van der Waals surface area contributed by atoms with Gasteiger partial charge in [0.05, 0.1) is 29.8 Å². The molecule has 0 spiro atoms. The number of aromatic amines is 1. The summed E-state index contributed by atoms with van der Waals surface area (Å²) in [5, 5.41) is 2.93. The van der Waals surface area contributed by atoms with E-state index in [4.69, 9.17) is 4.42 Å². The van der Waals surface area contributed by atoms with Gasteiger partial charge in [-0.15, -0.1) is 0 Å². The Labute approximate surface area is 156 Å². The van der Waals surface area contributed by atoms with Gasteiger partial charge < -0.3 is 19.6 Å². The van der Waals surface area contributed by atoms with Crippen molar-refractivity contribution in [3.05, 3.63) is 48.2 Å². The topological polar surface area (TPSA) is 91.2 Å². The van der Waals surface area contributed by atoms with Gasteiger partial charge in [0.1, 0.15) is 11.6 Å². The maximum absolute atomic E-state index is 12.6. The van der Waals surface area contributed by atoms with Crippen molar-refractivity contribution in [1.82, 2.24) is 14.9 Å². The Hall–Kier alpha value is -3.09. The molecule has 3 aromatic rings. The fourth-order valence-electron chi connectivity index (χ4n) is 3.32. The molecule has 2 N–H and O–H groups in total. The molecule has 3 heterocycles. The highest BCUT2D eigenvalue weighted by Gasteiger charge is 2.34. The third-order valence-corrected chi connectivity index (χ3v) is 4.83. The average molecular weight is 366 g/mol. The second-order valence-electron chi connectivity index (χ2n) is 7.25. The minimum atomic E-state index is -0.365. The number of imidazole rings is 1. The van der Waals surface area contributed by atoms with E-state index in [1.807, 2.05) is 24.3 Å². The highest BCUT2D eigenvalue weighted by Crippen LogP contribution is 2.24. The molecule has 2 amide bonds. The lowest BCUT2D eigenvalue weighted by Crippen LogP contribution is -2.27. The zero-order valence-electron chi connectivity index (χ0n) is 15.4. The van der Waals surface area contributed by atoms with Crippen molar-refractivity contribution in [3.63, 3.8) is 0 Å². The molecule has 1 aromatic carbocycles. The molecule has 1 atom stereocenters. The summed E-state index contributed by atoms with van der Waals surface area (Å²) in [4.78, 5) is 34.3. The van der Waals surface area contributed by atoms with E-state index in [1.165, 1.54) is 0 Å². The molecule has 140 valence electrons. The Bertz CT molecular complexity index is 974. The van der Waals surface area contributed by atoms with E-state index in [-0.39, 0.29) is 24.2 Å². The van der Waals surface area contributed by atoms with Crippen LogP contribution in [0.3, 0.4) is 0 Å². The van der Waals surface area contributed by atoms with Crippen molar-refractivity contribution in [2.24, 2.45) is 5.92 Å². The van der Waals surface area contributed by atoms with E-state index < -0.39 is 0 Å². The summed E-state index contributed by atoms with van der Waals surface area (Å²) in [5.41, 5.74) is 2.46. The van der Waals surface area contributed by atoms with E-state index in [2.05, 4.69) is 29.1 Å². The predicted octanol–water partition coefficient (Wildman–Crippen LogP) is 3.27. The molecule has 0 saturated carbocycles. The number of hydrogen-bond acceptors (Lipinski definition) is 4. The number of furan rings is 1. The van der Waals surface area contributed by atoms with Gasteiger partial charge in [-0.05, 0) is 30.3 Å². The van der Waals surface area contributed by atoms with Gasteiger partial charge in [-0.3, -0.25) is 9.59 Å². The second-order valence-corrected chi connectivity index (χ2v) is 7.25. The smallest absolute Gasteiger partial charge is 0.229 e. The highest BCUT2D eigenvalue weighted by atomic mass is 16.3. The second kappa shape index (κ2) is 6.90. The summed E-state index contributed by atoms with van der Waals surface area (Å²) in [6, 6.07) is 9.21. The highest BCUT2D eigenvalue weighted by molar-refractivity contribution is 5.98. The van der Waals surface area contributed by atoms with E-state index in [0.717, 1.165) is 22.6 Å².